The molecule has 2 aromatic carbocycles. The summed E-state index contributed by atoms with van der Waals surface area (Å²) in [5, 5.41) is 13.5. The quantitative estimate of drug-likeness (QED) is 0.379. The van der Waals surface area contributed by atoms with E-state index >= 15 is 0 Å². The molecule has 38 heavy (non-hydrogen) atoms. The first kappa shape index (κ1) is 27.8. The normalized spacial score (nSPS) is 14.1. The van der Waals surface area contributed by atoms with Crippen LogP contribution < -0.4 is 5.32 Å². The summed E-state index contributed by atoms with van der Waals surface area (Å²) in [7, 11) is 0. The maximum atomic E-state index is 12.7. The third kappa shape index (κ3) is 6.62. The van der Waals surface area contributed by atoms with Gasteiger partial charge in [-0.25, -0.2) is 9.78 Å². The first-order valence-corrected chi connectivity index (χ1v) is 13.7. The van der Waals surface area contributed by atoms with Gasteiger partial charge < -0.3 is 15.3 Å². The highest BCUT2D eigenvalue weighted by molar-refractivity contribution is 7.11. The van der Waals surface area contributed by atoms with E-state index in [1.165, 1.54) is 12.1 Å². The molecule has 1 atom stereocenters. The van der Waals surface area contributed by atoms with Crippen molar-refractivity contribution in [3.63, 3.8) is 0 Å². The molecule has 1 aliphatic rings. The number of carbonyl (C=O) groups excluding carboxylic acids is 2. The molecule has 2 N–H and O–H groups in total. The lowest BCUT2D eigenvalue weighted by molar-refractivity contribution is -0.139. The summed E-state index contributed by atoms with van der Waals surface area (Å²) in [5.41, 5.74) is 3.82. The van der Waals surface area contributed by atoms with Gasteiger partial charge in [-0.2, -0.15) is 0 Å². The Labute approximate surface area is 235 Å². The van der Waals surface area contributed by atoms with Gasteiger partial charge in [0.25, 0.3) is 5.91 Å². The van der Waals surface area contributed by atoms with Crippen molar-refractivity contribution in [3.8, 4) is 0 Å². The molecule has 7 nitrogen and oxygen atoms in total. The number of halogens is 2. The molecule has 2 heterocycles. The van der Waals surface area contributed by atoms with E-state index in [-0.39, 0.29) is 27.9 Å². The van der Waals surface area contributed by atoms with Crippen molar-refractivity contribution in [1.29, 1.82) is 0 Å². The van der Waals surface area contributed by atoms with Gasteiger partial charge in [-0.3, -0.25) is 9.59 Å². The minimum atomic E-state index is -1.16. The highest BCUT2D eigenvalue weighted by Gasteiger charge is 2.24. The fourth-order valence-electron chi connectivity index (χ4n) is 4.38. The second kappa shape index (κ2) is 12.1. The second-order valence-corrected chi connectivity index (χ2v) is 11.3. The number of carboxylic acid groups (broad SMARTS) is 1. The van der Waals surface area contributed by atoms with Crippen LogP contribution in [0.2, 0.25) is 10.0 Å². The first-order chi connectivity index (χ1) is 18.1. The summed E-state index contributed by atoms with van der Waals surface area (Å²) in [6.07, 6.45) is 3.20. The molecular formula is C28H27Cl2N3O4S. The second-order valence-electron chi connectivity index (χ2n) is 9.09. The molecule has 0 unspecified atom stereocenters. The number of amides is 2. The number of aromatic nitrogens is 1. The number of hydrogen-bond acceptors (Lipinski definition) is 5. The van der Waals surface area contributed by atoms with Crippen molar-refractivity contribution in [2.75, 3.05) is 13.1 Å². The van der Waals surface area contributed by atoms with Gasteiger partial charge in [-0.15, -0.1) is 11.3 Å². The molecule has 1 aliphatic heterocycles. The number of benzene rings is 2. The third-order valence-electron chi connectivity index (χ3n) is 6.44. The summed E-state index contributed by atoms with van der Waals surface area (Å²) >= 11 is 13.8. The Kier molecular flexibility index (Phi) is 8.87. The molecule has 0 spiro atoms. The van der Waals surface area contributed by atoms with Gasteiger partial charge in [-0.05, 0) is 49.1 Å². The molecule has 4 rings (SSSR count). The van der Waals surface area contributed by atoms with Crippen LogP contribution in [0.1, 0.15) is 43.5 Å². The number of hydrogen-bond donors (Lipinski definition) is 2. The molecule has 1 aromatic heterocycles. The number of thiazole rings is 1. The van der Waals surface area contributed by atoms with E-state index in [1.54, 1.807) is 17.4 Å². The Hall–Kier alpha value is -3.20. The average Bonchev–Trinajstić information content (AvgIpc) is 3.20. The lowest BCUT2D eigenvalue weighted by Crippen LogP contribution is -2.42. The molecular weight excluding hydrogens is 545 g/mol. The number of carboxylic acids is 1. The van der Waals surface area contributed by atoms with Crippen LogP contribution in [0, 0.1) is 13.8 Å². The molecule has 0 saturated carbocycles. The predicted molar refractivity (Wildman–Crippen MR) is 150 cm³/mol. The first-order valence-electron chi connectivity index (χ1n) is 12.1. The smallest absolute Gasteiger partial charge is 0.326 e. The van der Waals surface area contributed by atoms with Crippen LogP contribution in [0.25, 0.3) is 5.57 Å². The molecule has 0 radical (unpaired) electrons. The summed E-state index contributed by atoms with van der Waals surface area (Å²) in [6, 6.07) is 11.1. The largest absolute Gasteiger partial charge is 0.480 e. The zero-order valence-corrected chi connectivity index (χ0v) is 23.3. The van der Waals surface area contributed by atoms with Crippen LogP contribution in [0.4, 0.5) is 0 Å². The molecule has 3 aromatic rings. The summed E-state index contributed by atoms with van der Waals surface area (Å²) in [4.78, 5) is 44.7. The topological polar surface area (TPSA) is 99.6 Å². The molecule has 0 bridgehead atoms. The standard InChI is InChI=1S/C28H27Cl2N3O4S/c1-16-23(31-17(2)38-16)15-25(34)33-12-10-20(11-13-33)19-8-6-18(7-9-19)14-24(28(36)37)32-27(35)26-21(29)4-3-5-22(26)30/h3-10,24H,11-15H2,1-2H3,(H,32,35)(H,36,37)/t24-/m0/s1. The Bertz CT molecular complexity index is 1380. The number of rotatable bonds is 8. The Morgan fingerprint density at radius 1 is 1.11 bits per heavy atom. The van der Waals surface area contributed by atoms with Gasteiger partial charge in [0.15, 0.2) is 0 Å². The van der Waals surface area contributed by atoms with Crippen LogP contribution in [0.3, 0.4) is 0 Å². The number of aliphatic carboxylic acids is 1. The molecule has 2 amide bonds. The summed E-state index contributed by atoms with van der Waals surface area (Å²) < 4.78 is 0. The predicted octanol–water partition coefficient (Wildman–Crippen LogP) is 5.35. The van der Waals surface area contributed by atoms with Crippen LogP contribution >= 0.6 is 34.5 Å². The van der Waals surface area contributed by atoms with Crippen molar-refractivity contribution in [1.82, 2.24) is 15.2 Å². The van der Waals surface area contributed by atoms with Crippen LogP contribution in [-0.4, -0.2) is 51.9 Å². The van der Waals surface area contributed by atoms with Gasteiger partial charge >= 0.3 is 5.97 Å². The number of aryl methyl sites for hydroxylation is 2. The highest BCUT2D eigenvalue weighted by Crippen LogP contribution is 2.26. The fourth-order valence-corrected chi connectivity index (χ4v) is 5.79. The minimum Gasteiger partial charge on any atom is -0.480 e. The summed E-state index contributed by atoms with van der Waals surface area (Å²) in [5.74, 6) is -1.73. The number of nitrogens with zero attached hydrogens (tertiary/aromatic N) is 2. The summed E-state index contributed by atoms with van der Waals surface area (Å²) in [6.45, 7) is 5.11. The lowest BCUT2D eigenvalue weighted by atomic mass is 9.96. The monoisotopic (exact) mass is 571 g/mol. The van der Waals surface area contributed by atoms with E-state index in [2.05, 4.69) is 16.4 Å². The van der Waals surface area contributed by atoms with E-state index in [0.29, 0.717) is 19.5 Å². The maximum absolute atomic E-state index is 12.7. The van der Waals surface area contributed by atoms with Crippen molar-refractivity contribution >= 4 is 57.9 Å². The number of nitrogens with one attached hydrogen (secondary N) is 1. The maximum Gasteiger partial charge on any atom is 0.326 e. The van der Waals surface area contributed by atoms with Crippen LogP contribution in [0.5, 0.6) is 0 Å². The van der Waals surface area contributed by atoms with Crippen LogP contribution in [-0.2, 0) is 22.4 Å². The van der Waals surface area contributed by atoms with E-state index in [1.807, 2.05) is 43.0 Å². The van der Waals surface area contributed by atoms with Crippen molar-refractivity contribution in [2.45, 2.75) is 39.2 Å². The Balaban J connectivity index is 1.37. The van der Waals surface area contributed by atoms with Crippen molar-refractivity contribution < 1.29 is 19.5 Å². The molecule has 0 aliphatic carbocycles. The Morgan fingerprint density at radius 3 is 2.34 bits per heavy atom. The minimum absolute atomic E-state index is 0.0472. The van der Waals surface area contributed by atoms with Gasteiger partial charge in [-0.1, -0.05) is 59.6 Å². The zero-order chi connectivity index (χ0) is 27.4. The van der Waals surface area contributed by atoms with E-state index < -0.39 is 17.9 Å². The Morgan fingerprint density at radius 2 is 1.79 bits per heavy atom. The van der Waals surface area contributed by atoms with E-state index in [4.69, 9.17) is 23.2 Å². The molecule has 0 saturated heterocycles. The molecule has 198 valence electrons. The highest BCUT2D eigenvalue weighted by atomic mass is 35.5. The molecule has 10 heteroatoms. The van der Waals surface area contributed by atoms with E-state index in [9.17, 15) is 19.5 Å². The SMILES string of the molecule is Cc1nc(CC(=O)N2CC=C(c3ccc(C[C@H](NC(=O)c4c(Cl)cccc4Cl)C(=O)O)cc3)CC2)c(C)s1. The van der Waals surface area contributed by atoms with Gasteiger partial charge in [0, 0.05) is 24.4 Å². The van der Waals surface area contributed by atoms with Crippen molar-refractivity contribution in [3.05, 3.63) is 90.9 Å². The van der Waals surface area contributed by atoms with Gasteiger partial charge in [0.05, 0.1) is 32.7 Å². The zero-order valence-electron chi connectivity index (χ0n) is 21.0. The molecule has 0 fully saturated rings. The van der Waals surface area contributed by atoms with Crippen LogP contribution in [0.15, 0.2) is 48.5 Å². The third-order valence-corrected chi connectivity index (χ3v) is 8.00. The lowest BCUT2D eigenvalue weighted by Gasteiger charge is -2.26. The fraction of sp³-hybridized carbons (Fsp3) is 0.286. The van der Waals surface area contributed by atoms with Gasteiger partial charge in [0.2, 0.25) is 5.91 Å². The number of carbonyl (C=O) groups is 3. The van der Waals surface area contributed by atoms with Crippen molar-refractivity contribution in [2.24, 2.45) is 0 Å². The van der Waals surface area contributed by atoms with E-state index in [0.717, 1.165) is 38.7 Å². The van der Waals surface area contributed by atoms with Gasteiger partial charge in [0.1, 0.15) is 6.04 Å². The average molecular weight is 573 g/mol.